The van der Waals surface area contributed by atoms with Crippen molar-refractivity contribution in [2.24, 2.45) is 0 Å². The second kappa shape index (κ2) is 7.15. The van der Waals surface area contributed by atoms with Crippen LogP contribution in [0.25, 0.3) is 0 Å². The lowest BCUT2D eigenvalue weighted by atomic mass is 10.1. The molecule has 0 bridgehead atoms. The van der Waals surface area contributed by atoms with Gasteiger partial charge in [-0.2, -0.15) is 5.26 Å². The van der Waals surface area contributed by atoms with Gasteiger partial charge in [-0.05, 0) is 42.7 Å². The molecule has 2 aromatic rings. The van der Waals surface area contributed by atoms with Crippen LogP contribution in [0.1, 0.15) is 17.5 Å². The van der Waals surface area contributed by atoms with Gasteiger partial charge in [0.2, 0.25) is 0 Å². The summed E-state index contributed by atoms with van der Waals surface area (Å²) in [7, 11) is 1.67. The van der Waals surface area contributed by atoms with Crippen molar-refractivity contribution in [1.29, 1.82) is 5.26 Å². The van der Waals surface area contributed by atoms with E-state index in [1.54, 1.807) is 25.4 Å². The summed E-state index contributed by atoms with van der Waals surface area (Å²) in [6.45, 7) is 0.789. The van der Waals surface area contributed by atoms with Gasteiger partial charge >= 0.3 is 0 Å². The summed E-state index contributed by atoms with van der Waals surface area (Å²) in [4.78, 5) is 4.17. The van der Waals surface area contributed by atoms with Gasteiger partial charge in [0.05, 0.1) is 12.7 Å². The minimum atomic E-state index is 0.581. The number of pyridine rings is 1. The minimum absolute atomic E-state index is 0.581. The van der Waals surface area contributed by atoms with E-state index in [9.17, 15) is 0 Å². The predicted molar refractivity (Wildman–Crippen MR) is 78.8 cm³/mol. The van der Waals surface area contributed by atoms with E-state index in [4.69, 9.17) is 10.00 Å². The first kappa shape index (κ1) is 13.9. The van der Waals surface area contributed by atoms with Crippen molar-refractivity contribution in [1.82, 2.24) is 4.98 Å². The molecular formula is C16H17N3O. The second-order valence-electron chi connectivity index (χ2n) is 4.39. The van der Waals surface area contributed by atoms with E-state index in [1.807, 2.05) is 12.1 Å². The van der Waals surface area contributed by atoms with Crippen LogP contribution in [0.15, 0.2) is 42.6 Å². The van der Waals surface area contributed by atoms with Crippen molar-refractivity contribution in [2.45, 2.75) is 12.8 Å². The summed E-state index contributed by atoms with van der Waals surface area (Å²) in [6.07, 6.45) is 3.64. The van der Waals surface area contributed by atoms with Gasteiger partial charge in [0.1, 0.15) is 17.6 Å². The Bertz CT molecular complexity index is 587. The number of anilines is 1. The van der Waals surface area contributed by atoms with Crippen molar-refractivity contribution in [2.75, 3.05) is 19.0 Å². The monoisotopic (exact) mass is 267 g/mol. The smallest absolute Gasteiger partial charge is 0.143 e. The van der Waals surface area contributed by atoms with Gasteiger partial charge in [0, 0.05) is 12.7 Å². The van der Waals surface area contributed by atoms with E-state index >= 15 is 0 Å². The molecule has 0 aliphatic heterocycles. The van der Waals surface area contributed by atoms with E-state index in [-0.39, 0.29) is 0 Å². The molecule has 0 saturated heterocycles. The SMILES string of the molecule is COc1ccc(CCCNc2ncccc2C#N)cc1. The van der Waals surface area contributed by atoms with Gasteiger partial charge in [0.15, 0.2) is 0 Å². The molecule has 0 fully saturated rings. The van der Waals surface area contributed by atoms with Crippen LogP contribution in [0, 0.1) is 11.3 Å². The van der Waals surface area contributed by atoms with Crippen molar-refractivity contribution in [3.05, 3.63) is 53.7 Å². The highest BCUT2D eigenvalue weighted by molar-refractivity contribution is 5.51. The number of nitrogens with one attached hydrogen (secondary N) is 1. The first-order valence-corrected chi connectivity index (χ1v) is 6.55. The quantitative estimate of drug-likeness (QED) is 0.817. The zero-order chi connectivity index (χ0) is 14.2. The molecule has 4 heteroatoms. The molecule has 0 aliphatic rings. The van der Waals surface area contributed by atoms with Crippen LogP contribution < -0.4 is 10.1 Å². The number of rotatable bonds is 6. The lowest BCUT2D eigenvalue weighted by molar-refractivity contribution is 0.414. The summed E-state index contributed by atoms with van der Waals surface area (Å²) < 4.78 is 5.13. The first-order valence-electron chi connectivity index (χ1n) is 6.55. The van der Waals surface area contributed by atoms with Gasteiger partial charge in [0.25, 0.3) is 0 Å². The Morgan fingerprint density at radius 3 is 2.75 bits per heavy atom. The summed E-state index contributed by atoms with van der Waals surface area (Å²) in [5.74, 6) is 1.53. The van der Waals surface area contributed by atoms with Gasteiger partial charge in [-0.15, -0.1) is 0 Å². The highest BCUT2D eigenvalue weighted by Crippen LogP contribution is 2.13. The van der Waals surface area contributed by atoms with E-state index in [0.29, 0.717) is 11.4 Å². The molecule has 2 rings (SSSR count). The van der Waals surface area contributed by atoms with Crippen LogP contribution in [0.3, 0.4) is 0 Å². The molecule has 1 heterocycles. The van der Waals surface area contributed by atoms with Crippen LogP contribution in [0.5, 0.6) is 5.75 Å². The third-order valence-electron chi connectivity index (χ3n) is 3.02. The van der Waals surface area contributed by atoms with Gasteiger partial charge in [-0.1, -0.05) is 12.1 Å². The topological polar surface area (TPSA) is 57.9 Å². The Hall–Kier alpha value is -2.54. The zero-order valence-corrected chi connectivity index (χ0v) is 11.5. The molecule has 4 nitrogen and oxygen atoms in total. The number of ether oxygens (including phenoxy) is 1. The Kier molecular flexibility index (Phi) is 4.96. The molecule has 0 radical (unpaired) electrons. The largest absolute Gasteiger partial charge is 0.497 e. The van der Waals surface area contributed by atoms with Crippen LogP contribution >= 0.6 is 0 Å². The third kappa shape index (κ3) is 3.72. The molecule has 0 amide bonds. The normalized spacial score (nSPS) is 9.80. The lowest BCUT2D eigenvalue weighted by Crippen LogP contribution is -2.06. The molecule has 0 spiro atoms. The molecule has 20 heavy (non-hydrogen) atoms. The molecule has 0 atom stereocenters. The Labute approximate surface area is 119 Å². The molecule has 102 valence electrons. The van der Waals surface area contributed by atoms with E-state index in [2.05, 4.69) is 28.5 Å². The highest BCUT2D eigenvalue weighted by Gasteiger charge is 2.01. The number of nitrogens with zero attached hydrogens (tertiary/aromatic N) is 2. The van der Waals surface area contributed by atoms with Crippen molar-refractivity contribution < 1.29 is 4.74 Å². The van der Waals surface area contributed by atoms with Crippen molar-refractivity contribution in [3.63, 3.8) is 0 Å². The van der Waals surface area contributed by atoms with Gasteiger partial charge < -0.3 is 10.1 Å². The fourth-order valence-corrected chi connectivity index (χ4v) is 1.93. The third-order valence-corrected chi connectivity index (χ3v) is 3.02. The molecular weight excluding hydrogens is 250 g/mol. The Balaban J connectivity index is 1.80. The number of aromatic nitrogens is 1. The van der Waals surface area contributed by atoms with Crippen molar-refractivity contribution in [3.8, 4) is 11.8 Å². The molecule has 1 N–H and O–H groups in total. The van der Waals surface area contributed by atoms with E-state index in [1.165, 1.54) is 5.56 Å². The van der Waals surface area contributed by atoms with E-state index < -0.39 is 0 Å². The number of aryl methyl sites for hydroxylation is 1. The number of nitriles is 1. The molecule has 0 saturated carbocycles. The summed E-state index contributed by atoms with van der Waals surface area (Å²) >= 11 is 0. The summed E-state index contributed by atoms with van der Waals surface area (Å²) in [5.41, 5.74) is 1.85. The number of hydrogen-bond acceptors (Lipinski definition) is 4. The number of benzene rings is 1. The zero-order valence-electron chi connectivity index (χ0n) is 11.5. The van der Waals surface area contributed by atoms with Gasteiger partial charge in [-0.3, -0.25) is 0 Å². The fourth-order valence-electron chi connectivity index (χ4n) is 1.93. The standard InChI is InChI=1S/C16H17N3O/c1-20-15-8-6-13(7-9-15)4-2-10-18-16-14(12-17)5-3-11-19-16/h3,5-9,11H,2,4,10H2,1H3,(H,18,19). The second-order valence-corrected chi connectivity index (χ2v) is 4.39. The molecule has 0 unspecified atom stereocenters. The average Bonchev–Trinajstić information content (AvgIpc) is 2.52. The lowest BCUT2D eigenvalue weighted by Gasteiger charge is -2.07. The molecule has 1 aromatic heterocycles. The Morgan fingerprint density at radius 1 is 1.25 bits per heavy atom. The number of hydrogen-bond donors (Lipinski definition) is 1. The van der Waals surface area contributed by atoms with Crippen LogP contribution in [-0.2, 0) is 6.42 Å². The molecule has 1 aromatic carbocycles. The highest BCUT2D eigenvalue weighted by atomic mass is 16.5. The van der Waals surface area contributed by atoms with Crippen molar-refractivity contribution >= 4 is 5.82 Å². The maximum Gasteiger partial charge on any atom is 0.143 e. The van der Waals surface area contributed by atoms with Crippen LogP contribution in [0.2, 0.25) is 0 Å². The first-order chi connectivity index (χ1) is 9.83. The van der Waals surface area contributed by atoms with E-state index in [0.717, 1.165) is 25.1 Å². The predicted octanol–water partition coefficient (Wildman–Crippen LogP) is 3.01. The fraction of sp³-hybridized carbons (Fsp3) is 0.250. The van der Waals surface area contributed by atoms with Crippen LogP contribution in [-0.4, -0.2) is 18.6 Å². The minimum Gasteiger partial charge on any atom is -0.497 e. The maximum atomic E-state index is 8.96. The number of methoxy groups -OCH3 is 1. The average molecular weight is 267 g/mol. The van der Waals surface area contributed by atoms with Crippen LogP contribution in [0.4, 0.5) is 5.82 Å². The Morgan fingerprint density at radius 2 is 2.05 bits per heavy atom. The summed E-state index contributed by atoms with van der Waals surface area (Å²) in [6, 6.07) is 13.7. The maximum absolute atomic E-state index is 8.96. The van der Waals surface area contributed by atoms with Gasteiger partial charge in [-0.25, -0.2) is 4.98 Å². The molecule has 0 aliphatic carbocycles. The summed E-state index contributed by atoms with van der Waals surface area (Å²) in [5, 5.41) is 12.2.